The van der Waals surface area contributed by atoms with Crippen LogP contribution in [-0.4, -0.2) is 9.97 Å². The Labute approximate surface area is 104 Å². The Morgan fingerprint density at radius 3 is 2.31 bits per heavy atom. The van der Waals surface area contributed by atoms with Crippen molar-refractivity contribution in [1.82, 2.24) is 9.97 Å². The van der Waals surface area contributed by atoms with Crippen LogP contribution in [-0.2, 0) is 6.42 Å². The van der Waals surface area contributed by atoms with E-state index in [2.05, 4.69) is 29.0 Å². The molecule has 0 fully saturated rings. The Morgan fingerprint density at radius 1 is 1.06 bits per heavy atom. The summed E-state index contributed by atoms with van der Waals surface area (Å²) in [7, 11) is 0. The van der Waals surface area contributed by atoms with E-state index in [9.17, 15) is 0 Å². The molecule has 2 nitrogen and oxygen atoms in total. The van der Waals surface area contributed by atoms with Crippen LogP contribution in [0.15, 0.2) is 30.3 Å². The fraction of sp³-hybridized carbons (Fsp3) is 0.167. The SMILES string of the molecule is CCc1ccc(-c2cc(Cl)nc(Cl)n2)cc1. The third kappa shape index (κ3) is 2.52. The van der Waals surface area contributed by atoms with Crippen molar-refractivity contribution in [2.45, 2.75) is 13.3 Å². The number of aryl methyl sites for hydroxylation is 1. The van der Waals surface area contributed by atoms with Gasteiger partial charge >= 0.3 is 0 Å². The van der Waals surface area contributed by atoms with Gasteiger partial charge in [-0.05, 0) is 23.6 Å². The van der Waals surface area contributed by atoms with Gasteiger partial charge in [0.05, 0.1) is 5.69 Å². The van der Waals surface area contributed by atoms with Gasteiger partial charge in [-0.15, -0.1) is 0 Å². The predicted molar refractivity (Wildman–Crippen MR) is 66.9 cm³/mol. The molecule has 1 aromatic heterocycles. The summed E-state index contributed by atoms with van der Waals surface area (Å²) >= 11 is 11.6. The molecule has 0 bridgehead atoms. The van der Waals surface area contributed by atoms with Crippen LogP contribution in [0.3, 0.4) is 0 Å². The monoisotopic (exact) mass is 252 g/mol. The maximum absolute atomic E-state index is 5.82. The third-order valence-corrected chi connectivity index (χ3v) is 2.69. The fourth-order valence-electron chi connectivity index (χ4n) is 1.45. The van der Waals surface area contributed by atoms with E-state index < -0.39 is 0 Å². The fourth-order valence-corrected chi connectivity index (χ4v) is 1.86. The van der Waals surface area contributed by atoms with E-state index in [1.807, 2.05) is 12.1 Å². The Kier molecular flexibility index (Phi) is 3.42. The summed E-state index contributed by atoms with van der Waals surface area (Å²) in [6.45, 7) is 2.12. The molecule has 0 saturated heterocycles. The Morgan fingerprint density at radius 2 is 1.75 bits per heavy atom. The molecular weight excluding hydrogens is 243 g/mol. The molecule has 2 rings (SSSR count). The molecule has 0 aliphatic carbocycles. The van der Waals surface area contributed by atoms with Crippen molar-refractivity contribution in [3.05, 3.63) is 46.3 Å². The lowest BCUT2D eigenvalue weighted by Crippen LogP contribution is -1.88. The van der Waals surface area contributed by atoms with Crippen LogP contribution in [0.4, 0.5) is 0 Å². The van der Waals surface area contributed by atoms with Crippen molar-refractivity contribution in [1.29, 1.82) is 0 Å². The second kappa shape index (κ2) is 4.81. The van der Waals surface area contributed by atoms with E-state index >= 15 is 0 Å². The topological polar surface area (TPSA) is 25.8 Å². The van der Waals surface area contributed by atoms with Crippen molar-refractivity contribution in [3.8, 4) is 11.3 Å². The van der Waals surface area contributed by atoms with Gasteiger partial charge in [-0.25, -0.2) is 9.97 Å². The molecular formula is C12H10Cl2N2. The summed E-state index contributed by atoms with van der Waals surface area (Å²) in [6.07, 6.45) is 1.02. The highest BCUT2D eigenvalue weighted by molar-refractivity contribution is 6.32. The van der Waals surface area contributed by atoms with Gasteiger partial charge in [0.1, 0.15) is 5.15 Å². The van der Waals surface area contributed by atoms with Gasteiger partial charge in [-0.2, -0.15) is 0 Å². The van der Waals surface area contributed by atoms with Gasteiger partial charge in [-0.1, -0.05) is 42.8 Å². The third-order valence-electron chi connectivity index (χ3n) is 2.33. The number of aromatic nitrogens is 2. The van der Waals surface area contributed by atoms with Crippen LogP contribution in [0.5, 0.6) is 0 Å². The molecule has 0 aliphatic rings. The van der Waals surface area contributed by atoms with Crippen molar-refractivity contribution in [2.75, 3.05) is 0 Å². The second-order valence-electron chi connectivity index (χ2n) is 3.40. The Hall–Kier alpha value is -1.12. The molecule has 1 heterocycles. The lowest BCUT2D eigenvalue weighted by atomic mass is 10.1. The van der Waals surface area contributed by atoms with Gasteiger partial charge < -0.3 is 0 Å². The molecule has 0 radical (unpaired) electrons. The summed E-state index contributed by atoms with van der Waals surface area (Å²) in [4.78, 5) is 7.94. The van der Waals surface area contributed by atoms with Gasteiger partial charge in [0.25, 0.3) is 0 Å². The van der Waals surface area contributed by atoms with E-state index in [-0.39, 0.29) is 5.28 Å². The van der Waals surface area contributed by atoms with Gasteiger partial charge in [0, 0.05) is 11.6 Å². The van der Waals surface area contributed by atoms with E-state index in [0.29, 0.717) is 5.15 Å². The normalized spacial score (nSPS) is 10.4. The molecule has 0 saturated carbocycles. The van der Waals surface area contributed by atoms with Gasteiger partial charge in [0.2, 0.25) is 5.28 Å². The molecule has 0 spiro atoms. The first kappa shape index (κ1) is 11.4. The van der Waals surface area contributed by atoms with Gasteiger partial charge in [0.15, 0.2) is 0 Å². The van der Waals surface area contributed by atoms with Crippen LogP contribution >= 0.6 is 23.2 Å². The van der Waals surface area contributed by atoms with Crippen LogP contribution in [0.2, 0.25) is 10.4 Å². The highest BCUT2D eigenvalue weighted by Gasteiger charge is 2.03. The highest BCUT2D eigenvalue weighted by Crippen LogP contribution is 2.21. The van der Waals surface area contributed by atoms with Crippen LogP contribution in [0.1, 0.15) is 12.5 Å². The Bertz CT molecular complexity index is 475. The molecule has 0 N–H and O–H groups in total. The summed E-state index contributed by atoms with van der Waals surface area (Å²) in [5.41, 5.74) is 3.02. The van der Waals surface area contributed by atoms with E-state index in [4.69, 9.17) is 23.2 Å². The lowest BCUT2D eigenvalue weighted by molar-refractivity contribution is 1.14. The van der Waals surface area contributed by atoms with Crippen LogP contribution in [0.25, 0.3) is 11.3 Å². The maximum Gasteiger partial charge on any atom is 0.224 e. The average molecular weight is 253 g/mol. The molecule has 0 unspecified atom stereocenters. The number of benzene rings is 1. The van der Waals surface area contributed by atoms with E-state index in [0.717, 1.165) is 17.7 Å². The lowest BCUT2D eigenvalue weighted by Gasteiger charge is -2.03. The summed E-state index contributed by atoms with van der Waals surface area (Å²) in [6, 6.07) is 9.86. The zero-order valence-electron chi connectivity index (χ0n) is 8.74. The first-order chi connectivity index (χ1) is 7.69. The molecule has 2 aromatic rings. The minimum atomic E-state index is 0.169. The predicted octanol–water partition coefficient (Wildman–Crippen LogP) is 4.01. The van der Waals surface area contributed by atoms with Crippen molar-refractivity contribution in [2.24, 2.45) is 0 Å². The quantitative estimate of drug-likeness (QED) is 0.596. The minimum absolute atomic E-state index is 0.169. The van der Waals surface area contributed by atoms with Crippen LogP contribution < -0.4 is 0 Å². The van der Waals surface area contributed by atoms with E-state index in [1.54, 1.807) is 6.07 Å². The molecule has 0 aliphatic heterocycles. The zero-order chi connectivity index (χ0) is 11.5. The van der Waals surface area contributed by atoms with E-state index in [1.165, 1.54) is 5.56 Å². The number of hydrogen-bond acceptors (Lipinski definition) is 2. The smallest absolute Gasteiger partial charge is 0.218 e. The number of halogens is 2. The molecule has 1 aromatic carbocycles. The largest absolute Gasteiger partial charge is 0.224 e. The zero-order valence-corrected chi connectivity index (χ0v) is 10.3. The molecule has 82 valence electrons. The first-order valence-corrected chi connectivity index (χ1v) is 5.74. The number of rotatable bonds is 2. The summed E-state index contributed by atoms with van der Waals surface area (Å²) in [5.74, 6) is 0. The summed E-state index contributed by atoms with van der Waals surface area (Å²) < 4.78 is 0. The number of nitrogens with zero attached hydrogens (tertiary/aromatic N) is 2. The van der Waals surface area contributed by atoms with Crippen molar-refractivity contribution < 1.29 is 0 Å². The summed E-state index contributed by atoms with van der Waals surface area (Å²) in [5, 5.41) is 0.525. The van der Waals surface area contributed by atoms with Crippen molar-refractivity contribution >= 4 is 23.2 Å². The highest BCUT2D eigenvalue weighted by atomic mass is 35.5. The van der Waals surface area contributed by atoms with Gasteiger partial charge in [-0.3, -0.25) is 0 Å². The second-order valence-corrected chi connectivity index (χ2v) is 4.12. The molecule has 16 heavy (non-hydrogen) atoms. The molecule has 0 atom stereocenters. The number of hydrogen-bond donors (Lipinski definition) is 0. The maximum atomic E-state index is 5.82. The average Bonchev–Trinajstić information content (AvgIpc) is 2.28. The standard InChI is InChI=1S/C12H10Cl2N2/c1-2-8-3-5-9(6-4-8)10-7-11(13)16-12(14)15-10/h3-7H,2H2,1H3. The molecule has 0 amide bonds. The van der Waals surface area contributed by atoms with Crippen LogP contribution in [0, 0.1) is 0 Å². The Balaban J connectivity index is 2.42. The minimum Gasteiger partial charge on any atom is -0.218 e. The first-order valence-electron chi connectivity index (χ1n) is 4.98. The molecule has 4 heteroatoms. The van der Waals surface area contributed by atoms with Crippen molar-refractivity contribution in [3.63, 3.8) is 0 Å².